The fourth-order valence-electron chi connectivity index (χ4n) is 1.89. The Morgan fingerprint density at radius 1 is 1.09 bits per heavy atom. The highest BCUT2D eigenvalue weighted by atomic mass is 35.5. The molecule has 0 aromatic heterocycles. The zero-order valence-electron chi connectivity index (χ0n) is 11.7. The zero-order chi connectivity index (χ0) is 15.9. The number of aryl methyl sites for hydroxylation is 1. The number of thiocarbonyl (C=S) groups is 1. The van der Waals surface area contributed by atoms with Crippen molar-refractivity contribution in [3.63, 3.8) is 0 Å². The third-order valence-corrected chi connectivity index (χ3v) is 3.81. The quantitative estimate of drug-likeness (QED) is 0.578. The Kier molecular flexibility index (Phi) is 6.43. The minimum atomic E-state index is -0.450. The number of anilines is 1. The van der Waals surface area contributed by atoms with Crippen LogP contribution in [-0.4, -0.2) is 11.7 Å². The third kappa shape index (κ3) is 5.44. The van der Waals surface area contributed by atoms with Crippen molar-refractivity contribution in [2.24, 2.45) is 0 Å². The smallest absolute Gasteiger partial charge is 0.170 e. The van der Waals surface area contributed by atoms with Crippen LogP contribution in [0.1, 0.15) is 12.0 Å². The highest BCUT2D eigenvalue weighted by Crippen LogP contribution is 2.19. The zero-order valence-corrected chi connectivity index (χ0v) is 14.0. The van der Waals surface area contributed by atoms with Crippen molar-refractivity contribution in [3.05, 3.63) is 63.9 Å². The summed E-state index contributed by atoms with van der Waals surface area (Å²) >= 11 is 16.7. The lowest BCUT2D eigenvalue weighted by Gasteiger charge is -2.11. The summed E-state index contributed by atoms with van der Waals surface area (Å²) in [6.07, 6.45) is 1.88. The molecule has 2 nitrogen and oxygen atoms in total. The van der Waals surface area contributed by atoms with Gasteiger partial charge in [0.05, 0.1) is 5.02 Å². The topological polar surface area (TPSA) is 24.1 Å². The number of hydrogen-bond acceptors (Lipinski definition) is 1. The van der Waals surface area contributed by atoms with E-state index < -0.39 is 5.82 Å². The van der Waals surface area contributed by atoms with Crippen molar-refractivity contribution < 1.29 is 4.39 Å². The van der Waals surface area contributed by atoms with E-state index in [-0.39, 0.29) is 5.02 Å². The Hall–Kier alpha value is -1.36. The largest absolute Gasteiger partial charge is 0.362 e. The Morgan fingerprint density at radius 2 is 1.82 bits per heavy atom. The van der Waals surface area contributed by atoms with Gasteiger partial charge in [0, 0.05) is 17.3 Å². The van der Waals surface area contributed by atoms with Gasteiger partial charge in [-0.1, -0.05) is 35.3 Å². The van der Waals surface area contributed by atoms with E-state index in [2.05, 4.69) is 10.6 Å². The molecule has 0 saturated heterocycles. The van der Waals surface area contributed by atoms with Crippen LogP contribution in [-0.2, 0) is 6.42 Å². The van der Waals surface area contributed by atoms with Crippen molar-refractivity contribution in [2.45, 2.75) is 12.8 Å². The van der Waals surface area contributed by atoms with Crippen LogP contribution >= 0.6 is 35.4 Å². The molecule has 2 aromatic carbocycles. The molecule has 0 saturated carbocycles. The Balaban J connectivity index is 1.71. The second-order valence-electron chi connectivity index (χ2n) is 4.74. The lowest BCUT2D eigenvalue weighted by atomic mass is 10.1. The van der Waals surface area contributed by atoms with Crippen molar-refractivity contribution in [1.82, 2.24) is 5.32 Å². The number of benzene rings is 2. The predicted octanol–water partition coefficient (Wildman–Crippen LogP) is 5.05. The normalized spacial score (nSPS) is 10.3. The number of hydrogen-bond donors (Lipinski definition) is 2. The van der Waals surface area contributed by atoms with Gasteiger partial charge in [-0.3, -0.25) is 0 Å². The molecule has 0 spiro atoms. The maximum Gasteiger partial charge on any atom is 0.170 e. The summed E-state index contributed by atoms with van der Waals surface area (Å²) in [5.41, 5.74) is 1.89. The van der Waals surface area contributed by atoms with E-state index in [1.54, 1.807) is 6.07 Å². The molecule has 0 bridgehead atoms. The number of nitrogens with one attached hydrogen (secondary N) is 2. The highest BCUT2D eigenvalue weighted by Gasteiger charge is 2.02. The van der Waals surface area contributed by atoms with Crippen LogP contribution in [0, 0.1) is 5.82 Å². The lowest BCUT2D eigenvalue weighted by molar-refractivity contribution is 0.628. The Morgan fingerprint density at radius 3 is 2.50 bits per heavy atom. The van der Waals surface area contributed by atoms with Gasteiger partial charge in [-0.2, -0.15) is 0 Å². The summed E-state index contributed by atoms with van der Waals surface area (Å²) in [5.74, 6) is -0.450. The molecular formula is C16H15Cl2FN2S. The highest BCUT2D eigenvalue weighted by molar-refractivity contribution is 7.80. The van der Waals surface area contributed by atoms with Crippen LogP contribution in [0.15, 0.2) is 42.5 Å². The molecule has 22 heavy (non-hydrogen) atoms. The summed E-state index contributed by atoms with van der Waals surface area (Å²) in [6, 6.07) is 12.2. The van der Waals surface area contributed by atoms with Crippen LogP contribution in [0.4, 0.5) is 10.1 Å². The van der Waals surface area contributed by atoms with Gasteiger partial charge in [-0.15, -0.1) is 0 Å². The summed E-state index contributed by atoms with van der Waals surface area (Å²) in [4.78, 5) is 0. The van der Waals surface area contributed by atoms with Crippen LogP contribution in [0.5, 0.6) is 0 Å². The number of rotatable bonds is 5. The van der Waals surface area contributed by atoms with Gasteiger partial charge in [0.25, 0.3) is 0 Å². The van der Waals surface area contributed by atoms with E-state index in [9.17, 15) is 4.39 Å². The second kappa shape index (κ2) is 8.32. The van der Waals surface area contributed by atoms with Crippen LogP contribution in [0.3, 0.4) is 0 Å². The van der Waals surface area contributed by atoms with Crippen molar-refractivity contribution in [1.29, 1.82) is 0 Å². The van der Waals surface area contributed by atoms with E-state index >= 15 is 0 Å². The first-order chi connectivity index (χ1) is 10.5. The minimum absolute atomic E-state index is 0.0653. The average molecular weight is 357 g/mol. The van der Waals surface area contributed by atoms with Gasteiger partial charge in [0.15, 0.2) is 5.11 Å². The van der Waals surface area contributed by atoms with E-state index in [4.69, 9.17) is 35.4 Å². The second-order valence-corrected chi connectivity index (χ2v) is 5.99. The van der Waals surface area contributed by atoms with E-state index in [0.717, 1.165) is 24.4 Å². The molecule has 0 fully saturated rings. The Labute approximate surface area is 144 Å². The first-order valence-corrected chi connectivity index (χ1v) is 7.95. The summed E-state index contributed by atoms with van der Waals surface area (Å²) in [6.45, 7) is 0.739. The van der Waals surface area contributed by atoms with Gasteiger partial charge >= 0.3 is 0 Å². The minimum Gasteiger partial charge on any atom is -0.362 e. The molecule has 0 aliphatic heterocycles. The summed E-state index contributed by atoms with van der Waals surface area (Å²) < 4.78 is 13.1. The summed E-state index contributed by atoms with van der Waals surface area (Å²) in [5, 5.41) is 7.36. The maximum atomic E-state index is 13.1. The molecule has 0 heterocycles. The average Bonchev–Trinajstić information content (AvgIpc) is 2.49. The molecular weight excluding hydrogens is 342 g/mol. The molecule has 2 N–H and O–H groups in total. The fraction of sp³-hybridized carbons (Fsp3) is 0.188. The molecule has 0 aliphatic carbocycles. The standard InChI is InChI=1S/C16H15Cl2FN2S/c17-12-5-3-11(4-6-12)2-1-9-20-16(22)21-13-7-8-15(19)14(18)10-13/h3-8,10H,1-2,9H2,(H2,20,21,22). The molecule has 0 radical (unpaired) electrons. The molecule has 2 rings (SSSR count). The fourth-order valence-corrected chi connectivity index (χ4v) is 2.42. The molecule has 0 atom stereocenters. The molecule has 116 valence electrons. The van der Waals surface area contributed by atoms with Crippen molar-refractivity contribution in [3.8, 4) is 0 Å². The SMILES string of the molecule is Fc1ccc(NC(=S)NCCCc2ccc(Cl)cc2)cc1Cl. The van der Waals surface area contributed by atoms with Crippen LogP contribution < -0.4 is 10.6 Å². The maximum absolute atomic E-state index is 13.1. The van der Waals surface area contributed by atoms with E-state index in [1.165, 1.54) is 17.7 Å². The lowest BCUT2D eigenvalue weighted by Crippen LogP contribution is -2.29. The Bertz CT molecular complexity index is 647. The predicted molar refractivity (Wildman–Crippen MR) is 95.4 cm³/mol. The van der Waals surface area contributed by atoms with Crippen molar-refractivity contribution in [2.75, 3.05) is 11.9 Å². The first kappa shape index (κ1) is 17.0. The monoisotopic (exact) mass is 356 g/mol. The van der Waals surface area contributed by atoms with E-state index in [1.807, 2.05) is 24.3 Å². The van der Waals surface area contributed by atoms with Crippen molar-refractivity contribution >= 4 is 46.2 Å². The molecule has 0 aliphatic rings. The van der Waals surface area contributed by atoms with Gasteiger partial charge in [-0.05, 0) is 61.0 Å². The first-order valence-electron chi connectivity index (χ1n) is 6.79. The summed E-state index contributed by atoms with van der Waals surface area (Å²) in [7, 11) is 0. The van der Waals surface area contributed by atoms with Gasteiger partial charge < -0.3 is 10.6 Å². The van der Waals surface area contributed by atoms with Crippen LogP contribution in [0.2, 0.25) is 10.0 Å². The van der Waals surface area contributed by atoms with Crippen LogP contribution in [0.25, 0.3) is 0 Å². The van der Waals surface area contributed by atoms with E-state index in [0.29, 0.717) is 10.8 Å². The molecule has 2 aromatic rings. The van der Waals surface area contributed by atoms with Gasteiger partial charge in [0.1, 0.15) is 5.82 Å². The molecule has 6 heteroatoms. The number of halogens is 3. The van der Waals surface area contributed by atoms with Gasteiger partial charge in [-0.25, -0.2) is 4.39 Å². The molecule has 0 amide bonds. The van der Waals surface area contributed by atoms with Gasteiger partial charge in [0.2, 0.25) is 0 Å². The third-order valence-electron chi connectivity index (χ3n) is 3.02. The molecule has 0 unspecified atom stereocenters.